The van der Waals surface area contributed by atoms with E-state index >= 15 is 0 Å². The zero-order valence-electron chi connectivity index (χ0n) is 11.4. The zero-order chi connectivity index (χ0) is 14.0. The lowest BCUT2D eigenvalue weighted by Gasteiger charge is -2.44. The van der Waals surface area contributed by atoms with Crippen molar-refractivity contribution in [2.75, 3.05) is 19.8 Å². The number of aliphatic hydroxyl groups is 1. The van der Waals surface area contributed by atoms with Crippen LogP contribution >= 0.6 is 15.9 Å². The Labute approximate surface area is 127 Å². The minimum Gasteiger partial charge on any atom is -0.387 e. The summed E-state index contributed by atoms with van der Waals surface area (Å²) in [7, 11) is 0. The minimum atomic E-state index is -0.508. The molecule has 1 aromatic rings. The molecule has 2 saturated heterocycles. The molecule has 1 aromatic heterocycles. The summed E-state index contributed by atoms with van der Waals surface area (Å²) in [5.74, 6) is 0.218. The Morgan fingerprint density at radius 1 is 1.30 bits per heavy atom. The lowest BCUT2D eigenvalue weighted by Crippen LogP contribution is -2.45. The van der Waals surface area contributed by atoms with Crippen LogP contribution in [-0.4, -0.2) is 35.5 Å². The number of aromatic nitrogens is 1. The summed E-state index contributed by atoms with van der Waals surface area (Å²) in [5, 5.41) is 10.6. The van der Waals surface area contributed by atoms with E-state index in [9.17, 15) is 5.11 Å². The van der Waals surface area contributed by atoms with Gasteiger partial charge < -0.3 is 14.6 Å². The molecule has 5 heteroatoms. The van der Waals surface area contributed by atoms with Gasteiger partial charge >= 0.3 is 0 Å². The van der Waals surface area contributed by atoms with E-state index in [0.717, 1.165) is 55.7 Å². The molecule has 110 valence electrons. The van der Waals surface area contributed by atoms with Crippen molar-refractivity contribution in [3.05, 3.63) is 28.5 Å². The van der Waals surface area contributed by atoms with E-state index in [0.29, 0.717) is 0 Å². The van der Waals surface area contributed by atoms with Crippen molar-refractivity contribution in [3.8, 4) is 0 Å². The summed E-state index contributed by atoms with van der Waals surface area (Å²) < 4.78 is 12.4. The van der Waals surface area contributed by atoms with Gasteiger partial charge in [-0.15, -0.1) is 0 Å². The molecule has 2 fully saturated rings. The largest absolute Gasteiger partial charge is 0.387 e. The second-order valence-corrected chi connectivity index (χ2v) is 6.66. The highest BCUT2D eigenvalue weighted by molar-refractivity contribution is 9.10. The van der Waals surface area contributed by atoms with E-state index in [1.165, 1.54) is 0 Å². The standard InChI is InChI=1S/C15H20BrNO3/c16-12-1-2-13(17-10-12)14(18)11-3-6-20-15(9-11)4-7-19-8-5-15/h1-2,10-11,14,18H,3-9H2. The van der Waals surface area contributed by atoms with Crippen LogP contribution in [0.1, 0.15) is 37.5 Å². The zero-order valence-corrected chi connectivity index (χ0v) is 13.0. The van der Waals surface area contributed by atoms with Crippen LogP contribution in [0.2, 0.25) is 0 Å². The normalized spacial score (nSPS) is 27.4. The highest BCUT2D eigenvalue weighted by Gasteiger charge is 2.41. The molecule has 1 spiro atoms. The molecule has 2 aliphatic heterocycles. The van der Waals surface area contributed by atoms with Gasteiger partial charge in [0.25, 0.3) is 0 Å². The van der Waals surface area contributed by atoms with Crippen LogP contribution in [0, 0.1) is 5.92 Å². The van der Waals surface area contributed by atoms with Crippen molar-refractivity contribution in [3.63, 3.8) is 0 Å². The van der Waals surface area contributed by atoms with E-state index in [1.54, 1.807) is 6.20 Å². The third kappa shape index (κ3) is 3.06. The number of pyridine rings is 1. The summed E-state index contributed by atoms with van der Waals surface area (Å²) in [4.78, 5) is 4.32. The third-order valence-electron chi connectivity index (χ3n) is 4.43. The van der Waals surface area contributed by atoms with E-state index < -0.39 is 6.10 Å². The number of rotatable bonds is 2. The number of hydrogen-bond acceptors (Lipinski definition) is 4. The average Bonchev–Trinajstić information content (AvgIpc) is 2.48. The summed E-state index contributed by atoms with van der Waals surface area (Å²) in [6.45, 7) is 2.25. The number of ether oxygens (including phenoxy) is 2. The average molecular weight is 342 g/mol. The van der Waals surface area contributed by atoms with Crippen molar-refractivity contribution >= 4 is 15.9 Å². The monoisotopic (exact) mass is 341 g/mol. The van der Waals surface area contributed by atoms with Gasteiger partial charge in [0, 0.05) is 30.5 Å². The van der Waals surface area contributed by atoms with E-state index in [4.69, 9.17) is 9.47 Å². The van der Waals surface area contributed by atoms with Gasteiger partial charge in [0.15, 0.2) is 0 Å². The quantitative estimate of drug-likeness (QED) is 0.898. The summed E-state index contributed by atoms with van der Waals surface area (Å²) in [5.41, 5.74) is 0.666. The van der Waals surface area contributed by atoms with Crippen molar-refractivity contribution in [1.82, 2.24) is 4.98 Å². The molecular weight excluding hydrogens is 322 g/mol. The maximum absolute atomic E-state index is 10.6. The van der Waals surface area contributed by atoms with Gasteiger partial charge in [0.2, 0.25) is 0 Å². The van der Waals surface area contributed by atoms with Gasteiger partial charge in [0.1, 0.15) is 0 Å². The Balaban J connectivity index is 1.71. The second kappa shape index (κ2) is 6.10. The molecular formula is C15H20BrNO3. The van der Waals surface area contributed by atoms with Gasteiger partial charge in [-0.25, -0.2) is 0 Å². The molecule has 0 aromatic carbocycles. The fourth-order valence-electron chi connectivity index (χ4n) is 3.23. The second-order valence-electron chi connectivity index (χ2n) is 5.74. The molecule has 0 saturated carbocycles. The van der Waals surface area contributed by atoms with Crippen molar-refractivity contribution in [2.45, 2.75) is 37.4 Å². The summed E-state index contributed by atoms with van der Waals surface area (Å²) in [6, 6.07) is 3.82. The lowest BCUT2D eigenvalue weighted by atomic mass is 9.78. The van der Waals surface area contributed by atoms with Crippen LogP contribution < -0.4 is 0 Å². The Bertz CT molecular complexity index is 439. The molecule has 2 aliphatic rings. The molecule has 0 radical (unpaired) electrons. The Morgan fingerprint density at radius 3 is 2.80 bits per heavy atom. The molecule has 3 rings (SSSR count). The highest BCUT2D eigenvalue weighted by Crippen LogP contribution is 2.41. The summed E-state index contributed by atoms with van der Waals surface area (Å²) >= 11 is 3.37. The van der Waals surface area contributed by atoms with Gasteiger partial charge in [-0.05, 0) is 59.7 Å². The number of hydrogen-bond donors (Lipinski definition) is 1. The first-order valence-corrected chi connectivity index (χ1v) is 7.99. The maximum atomic E-state index is 10.6. The Kier molecular flexibility index (Phi) is 4.40. The van der Waals surface area contributed by atoms with Gasteiger partial charge in [0.05, 0.1) is 17.4 Å². The molecule has 0 amide bonds. The van der Waals surface area contributed by atoms with Crippen molar-refractivity contribution < 1.29 is 14.6 Å². The number of aliphatic hydroxyl groups excluding tert-OH is 1. The molecule has 0 bridgehead atoms. The minimum absolute atomic E-state index is 0.0858. The van der Waals surface area contributed by atoms with Crippen LogP contribution in [0.5, 0.6) is 0 Å². The predicted octanol–water partition coefficient (Wildman–Crippen LogP) is 2.85. The molecule has 20 heavy (non-hydrogen) atoms. The molecule has 2 unspecified atom stereocenters. The topological polar surface area (TPSA) is 51.6 Å². The maximum Gasteiger partial charge on any atom is 0.0989 e. The molecule has 0 aliphatic carbocycles. The summed E-state index contributed by atoms with van der Waals surface area (Å²) in [6.07, 6.45) is 4.89. The van der Waals surface area contributed by atoms with Crippen LogP contribution in [-0.2, 0) is 9.47 Å². The van der Waals surface area contributed by atoms with Gasteiger partial charge in [-0.2, -0.15) is 0 Å². The number of halogens is 1. The van der Waals surface area contributed by atoms with Crippen LogP contribution in [0.25, 0.3) is 0 Å². The van der Waals surface area contributed by atoms with Gasteiger partial charge in [-0.3, -0.25) is 4.98 Å². The lowest BCUT2D eigenvalue weighted by molar-refractivity contribution is -0.159. The van der Waals surface area contributed by atoms with E-state index in [1.807, 2.05) is 12.1 Å². The van der Waals surface area contributed by atoms with Crippen molar-refractivity contribution in [1.29, 1.82) is 0 Å². The molecule has 2 atom stereocenters. The number of nitrogens with zero attached hydrogens (tertiary/aromatic N) is 1. The first-order chi connectivity index (χ1) is 9.69. The molecule has 1 N–H and O–H groups in total. The first kappa shape index (κ1) is 14.4. The Hall–Kier alpha value is -0.490. The van der Waals surface area contributed by atoms with Crippen LogP contribution in [0.4, 0.5) is 0 Å². The predicted molar refractivity (Wildman–Crippen MR) is 78.4 cm³/mol. The highest BCUT2D eigenvalue weighted by atomic mass is 79.9. The molecule has 3 heterocycles. The third-order valence-corrected chi connectivity index (χ3v) is 4.90. The molecule has 4 nitrogen and oxygen atoms in total. The van der Waals surface area contributed by atoms with E-state index in [2.05, 4.69) is 20.9 Å². The smallest absolute Gasteiger partial charge is 0.0989 e. The van der Waals surface area contributed by atoms with Crippen LogP contribution in [0.3, 0.4) is 0 Å². The Morgan fingerprint density at radius 2 is 2.10 bits per heavy atom. The SMILES string of the molecule is OC(c1ccc(Br)cn1)C1CCOC2(CCOCC2)C1. The van der Waals surface area contributed by atoms with E-state index in [-0.39, 0.29) is 11.5 Å². The van der Waals surface area contributed by atoms with Gasteiger partial charge in [-0.1, -0.05) is 0 Å². The van der Waals surface area contributed by atoms with Crippen LogP contribution in [0.15, 0.2) is 22.8 Å². The fourth-order valence-corrected chi connectivity index (χ4v) is 3.47. The fraction of sp³-hybridized carbons (Fsp3) is 0.667. The van der Waals surface area contributed by atoms with Crippen molar-refractivity contribution in [2.24, 2.45) is 5.92 Å². The first-order valence-electron chi connectivity index (χ1n) is 7.20.